The number of imidazole rings is 1. The number of hydrogen-bond donors (Lipinski definition) is 2. The molecule has 0 spiro atoms. The fourth-order valence-electron chi connectivity index (χ4n) is 4.33. The quantitative estimate of drug-likeness (QED) is 0.485. The van der Waals surface area contributed by atoms with E-state index in [-0.39, 0.29) is 18.2 Å². The molecule has 1 aromatic heterocycles. The van der Waals surface area contributed by atoms with Crippen molar-refractivity contribution in [2.45, 2.75) is 52.0 Å². The van der Waals surface area contributed by atoms with Crippen LogP contribution in [0.3, 0.4) is 0 Å². The molecule has 28 heavy (non-hydrogen) atoms. The van der Waals surface area contributed by atoms with Crippen LogP contribution in [-0.2, 0) is 6.54 Å². The summed E-state index contributed by atoms with van der Waals surface area (Å²) in [6.07, 6.45) is 9.80. The SMILES string of the molecule is Cc1c(-c2ccc(CNCCC3CCCCC3)c(F)c2)ccc2[nH]cnc12.Cl. The van der Waals surface area contributed by atoms with E-state index in [1.54, 1.807) is 12.4 Å². The Kier molecular flexibility index (Phi) is 7.08. The number of rotatable bonds is 6. The molecule has 0 aliphatic heterocycles. The van der Waals surface area contributed by atoms with Crippen molar-refractivity contribution < 1.29 is 4.39 Å². The highest BCUT2D eigenvalue weighted by atomic mass is 35.5. The molecule has 1 saturated carbocycles. The van der Waals surface area contributed by atoms with Gasteiger partial charge in [0.15, 0.2) is 0 Å². The van der Waals surface area contributed by atoms with E-state index < -0.39 is 0 Å². The van der Waals surface area contributed by atoms with Gasteiger partial charge in [-0.1, -0.05) is 50.3 Å². The smallest absolute Gasteiger partial charge is 0.128 e. The van der Waals surface area contributed by atoms with Gasteiger partial charge in [0.2, 0.25) is 0 Å². The molecule has 150 valence electrons. The van der Waals surface area contributed by atoms with Gasteiger partial charge in [-0.25, -0.2) is 9.37 Å². The highest BCUT2D eigenvalue weighted by Gasteiger charge is 2.13. The molecule has 3 nitrogen and oxygen atoms in total. The maximum absolute atomic E-state index is 14.6. The molecule has 0 unspecified atom stereocenters. The van der Waals surface area contributed by atoms with Crippen LogP contribution in [0.4, 0.5) is 4.39 Å². The summed E-state index contributed by atoms with van der Waals surface area (Å²) in [5.74, 6) is 0.720. The summed E-state index contributed by atoms with van der Waals surface area (Å²) >= 11 is 0. The van der Waals surface area contributed by atoms with Gasteiger partial charge in [-0.2, -0.15) is 0 Å². The zero-order valence-corrected chi connectivity index (χ0v) is 17.2. The van der Waals surface area contributed by atoms with E-state index in [1.807, 2.05) is 31.2 Å². The van der Waals surface area contributed by atoms with Crippen molar-refractivity contribution in [1.29, 1.82) is 0 Å². The molecule has 3 aromatic rings. The monoisotopic (exact) mass is 401 g/mol. The molecular formula is C23H29ClFN3. The van der Waals surface area contributed by atoms with Gasteiger partial charge in [-0.3, -0.25) is 0 Å². The van der Waals surface area contributed by atoms with Crippen molar-refractivity contribution in [3.05, 3.63) is 53.6 Å². The lowest BCUT2D eigenvalue weighted by atomic mass is 9.87. The molecule has 0 amide bonds. The van der Waals surface area contributed by atoms with E-state index in [2.05, 4.69) is 15.3 Å². The molecular weight excluding hydrogens is 373 g/mol. The van der Waals surface area contributed by atoms with Crippen LogP contribution in [0.1, 0.15) is 49.7 Å². The predicted octanol–water partition coefficient (Wildman–Crippen LogP) is 6.16. The third-order valence-corrected chi connectivity index (χ3v) is 5.98. The summed E-state index contributed by atoms with van der Waals surface area (Å²) in [7, 11) is 0. The first-order chi connectivity index (χ1) is 13.2. The maximum atomic E-state index is 14.6. The van der Waals surface area contributed by atoms with Crippen LogP contribution in [0.5, 0.6) is 0 Å². The summed E-state index contributed by atoms with van der Waals surface area (Å²) in [5, 5.41) is 3.43. The highest BCUT2D eigenvalue weighted by molar-refractivity contribution is 5.86. The Morgan fingerprint density at radius 3 is 2.75 bits per heavy atom. The van der Waals surface area contributed by atoms with E-state index in [1.165, 1.54) is 38.5 Å². The molecule has 1 heterocycles. The summed E-state index contributed by atoms with van der Waals surface area (Å²) in [6, 6.07) is 9.61. The molecule has 0 bridgehead atoms. The fraction of sp³-hybridized carbons (Fsp3) is 0.435. The lowest BCUT2D eigenvalue weighted by Crippen LogP contribution is -2.19. The van der Waals surface area contributed by atoms with Crippen LogP contribution < -0.4 is 5.32 Å². The molecule has 5 heteroatoms. The number of H-pyrrole nitrogens is 1. The van der Waals surface area contributed by atoms with Gasteiger partial charge in [-0.05, 0) is 54.6 Å². The van der Waals surface area contributed by atoms with Gasteiger partial charge in [0.1, 0.15) is 5.82 Å². The number of nitrogens with zero attached hydrogens (tertiary/aromatic N) is 1. The minimum absolute atomic E-state index is 0. The van der Waals surface area contributed by atoms with E-state index in [9.17, 15) is 4.39 Å². The predicted molar refractivity (Wildman–Crippen MR) is 116 cm³/mol. The Morgan fingerprint density at radius 1 is 1.14 bits per heavy atom. The number of aromatic amines is 1. The van der Waals surface area contributed by atoms with Crippen LogP contribution in [0.2, 0.25) is 0 Å². The van der Waals surface area contributed by atoms with Crippen molar-refractivity contribution in [3.63, 3.8) is 0 Å². The Bertz CT molecular complexity index is 915. The standard InChI is InChI=1S/C23H28FN3.ClH/c1-16-20(9-10-22-23(16)27-15-26-22)18-7-8-19(21(24)13-18)14-25-12-11-17-5-3-2-4-6-17;/h7-10,13,15,17,25H,2-6,11-12,14H2,1H3,(H,26,27);1H. The second-order valence-corrected chi connectivity index (χ2v) is 7.81. The molecule has 4 rings (SSSR count). The van der Waals surface area contributed by atoms with Crippen molar-refractivity contribution in [2.75, 3.05) is 6.54 Å². The third-order valence-electron chi connectivity index (χ3n) is 5.98. The molecule has 0 saturated heterocycles. The Hall–Kier alpha value is -1.91. The van der Waals surface area contributed by atoms with Crippen LogP contribution in [0.25, 0.3) is 22.2 Å². The van der Waals surface area contributed by atoms with Crippen molar-refractivity contribution >= 4 is 23.4 Å². The summed E-state index contributed by atoms with van der Waals surface area (Å²) in [4.78, 5) is 7.49. The third kappa shape index (κ3) is 4.56. The topological polar surface area (TPSA) is 40.7 Å². The number of aryl methyl sites for hydroxylation is 1. The normalized spacial score (nSPS) is 14.9. The second-order valence-electron chi connectivity index (χ2n) is 7.81. The minimum atomic E-state index is -0.140. The first-order valence-corrected chi connectivity index (χ1v) is 10.1. The number of hydrogen-bond acceptors (Lipinski definition) is 2. The number of benzene rings is 2. The fourth-order valence-corrected chi connectivity index (χ4v) is 4.33. The average Bonchev–Trinajstić information content (AvgIpc) is 3.17. The summed E-state index contributed by atoms with van der Waals surface area (Å²) in [6.45, 7) is 3.61. The number of nitrogens with one attached hydrogen (secondary N) is 2. The van der Waals surface area contributed by atoms with Crippen LogP contribution in [-0.4, -0.2) is 16.5 Å². The minimum Gasteiger partial charge on any atom is -0.345 e. The molecule has 0 radical (unpaired) electrons. The first-order valence-electron chi connectivity index (χ1n) is 10.1. The van der Waals surface area contributed by atoms with E-state index in [0.717, 1.165) is 45.7 Å². The maximum Gasteiger partial charge on any atom is 0.128 e. The van der Waals surface area contributed by atoms with Gasteiger partial charge in [-0.15, -0.1) is 12.4 Å². The Morgan fingerprint density at radius 2 is 1.96 bits per heavy atom. The van der Waals surface area contributed by atoms with Crippen molar-refractivity contribution in [3.8, 4) is 11.1 Å². The lowest BCUT2D eigenvalue weighted by molar-refractivity contribution is 0.333. The molecule has 1 fully saturated rings. The number of halogens is 2. The highest BCUT2D eigenvalue weighted by Crippen LogP contribution is 2.29. The Balaban J connectivity index is 0.00000225. The zero-order chi connectivity index (χ0) is 18.6. The number of aromatic nitrogens is 2. The van der Waals surface area contributed by atoms with Crippen molar-refractivity contribution in [1.82, 2.24) is 15.3 Å². The van der Waals surface area contributed by atoms with Gasteiger partial charge in [0, 0.05) is 12.1 Å². The van der Waals surface area contributed by atoms with Gasteiger partial charge in [0.05, 0.1) is 17.4 Å². The van der Waals surface area contributed by atoms with Gasteiger partial charge >= 0.3 is 0 Å². The van der Waals surface area contributed by atoms with E-state index in [4.69, 9.17) is 0 Å². The van der Waals surface area contributed by atoms with Crippen LogP contribution in [0.15, 0.2) is 36.7 Å². The molecule has 2 aromatic carbocycles. The Labute approximate surface area is 172 Å². The average molecular weight is 402 g/mol. The van der Waals surface area contributed by atoms with Crippen molar-refractivity contribution in [2.24, 2.45) is 5.92 Å². The summed E-state index contributed by atoms with van der Waals surface area (Å²) in [5.41, 5.74) is 5.70. The van der Waals surface area contributed by atoms with E-state index >= 15 is 0 Å². The van der Waals surface area contributed by atoms with Gasteiger partial charge < -0.3 is 10.3 Å². The molecule has 1 aliphatic carbocycles. The molecule has 2 N–H and O–H groups in total. The second kappa shape index (κ2) is 9.53. The number of fused-ring (bicyclic) bond motifs is 1. The zero-order valence-electron chi connectivity index (χ0n) is 16.4. The largest absolute Gasteiger partial charge is 0.345 e. The van der Waals surface area contributed by atoms with E-state index in [0.29, 0.717) is 6.54 Å². The first kappa shape index (κ1) is 20.8. The molecule has 1 aliphatic rings. The van der Waals surface area contributed by atoms with Gasteiger partial charge in [0.25, 0.3) is 0 Å². The lowest BCUT2D eigenvalue weighted by Gasteiger charge is -2.21. The van der Waals surface area contributed by atoms with Crippen LogP contribution in [0, 0.1) is 18.7 Å². The summed E-state index contributed by atoms with van der Waals surface area (Å²) < 4.78 is 14.6. The molecule has 0 atom stereocenters. The van der Waals surface area contributed by atoms with Crippen LogP contribution >= 0.6 is 12.4 Å².